The van der Waals surface area contributed by atoms with Crippen LogP contribution >= 0.6 is 11.6 Å². The van der Waals surface area contributed by atoms with Crippen molar-refractivity contribution in [3.63, 3.8) is 0 Å². The molecule has 0 spiro atoms. The van der Waals surface area contributed by atoms with E-state index in [2.05, 4.69) is 0 Å². The van der Waals surface area contributed by atoms with E-state index in [4.69, 9.17) is 25.8 Å². The smallest absolute Gasteiger partial charge is 0.203 e. The van der Waals surface area contributed by atoms with Crippen LogP contribution in [0.15, 0.2) is 42.5 Å². The monoisotopic (exact) mass is 332 g/mol. The molecule has 23 heavy (non-hydrogen) atoms. The van der Waals surface area contributed by atoms with E-state index in [-0.39, 0.29) is 5.78 Å². The maximum absolute atomic E-state index is 12.2. The largest absolute Gasteiger partial charge is 0.493 e. The van der Waals surface area contributed by atoms with E-state index >= 15 is 0 Å². The first-order valence-electron chi connectivity index (χ1n) is 6.87. The summed E-state index contributed by atoms with van der Waals surface area (Å²) in [4.78, 5) is 12.2. The molecule has 0 aliphatic rings. The number of ether oxygens (including phenoxy) is 3. The lowest BCUT2D eigenvalue weighted by molar-refractivity contribution is 0.104. The third-order valence-corrected chi connectivity index (χ3v) is 3.53. The van der Waals surface area contributed by atoms with Gasteiger partial charge in [0.2, 0.25) is 5.75 Å². The summed E-state index contributed by atoms with van der Waals surface area (Å²) in [5.41, 5.74) is 1.28. The molecule has 0 amide bonds. The fourth-order valence-corrected chi connectivity index (χ4v) is 2.26. The second-order valence-corrected chi connectivity index (χ2v) is 5.06. The SMILES string of the molecule is COc1ccc(/C=C/C(=O)c2ccc(Cl)cc2)c(OC)c1OC. The predicted molar refractivity (Wildman–Crippen MR) is 90.9 cm³/mol. The molecule has 0 heterocycles. The van der Waals surface area contributed by atoms with Crippen LogP contribution in [0.2, 0.25) is 5.02 Å². The Bertz CT molecular complexity index is 721. The molecule has 0 bridgehead atoms. The molecule has 0 aromatic heterocycles. The number of ketones is 1. The van der Waals surface area contributed by atoms with Gasteiger partial charge in [0.25, 0.3) is 0 Å². The first kappa shape index (κ1) is 16.9. The highest BCUT2D eigenvalue weighted by molar-refractivity contribution is 6.30. The lowest BCUT2D eigenvalue weighted by Crippen LogP contribution is -1.97. The molecule has 0 saturated heterocycles. The van der Waals surface area contributed by atoms with Crippen LogP contribution in [0.3, 0.4) is 0 Å². The Morgan fingerprint density at radius 2 is 1.57 bits per heavy atom. The lowest BCUT2D eigenvalue weighted by Gasteiger charge is -2.13. The van der Waals surface area contributed by atoms with Crippen molar-refractivity contribution in [1.82, 2.24) is 0 Å². The van der Waals surface area contributed by atoms with Gasteiger partial charge in [0.15, 0.2) is 17.3 Å². The van der Waals surface area contributed by atoms with Crippen molar-refractivity contribution in [2.75, 3.05) is 21.3 Å². The Morgan fingerprint density at radius 1 is 0.913 bits per heavy atom. The summed E-state index contributed by atoms with van der Waals surface area (Å²) < 4.78 is 15.9. The quantitative estimate of drug-likeness (QED) is 0.585. The fourth-order valence-electron chi connectivity index (χ4n) is 2.13. The van der Waals surface area contributed by atoms with E-state index in [0.717, 1.165) is 0 Å². The molecule has 0 unspecified atom stereocenters. The molecule has 0 radical (unpaired) electrons. The van der Waals surface area contributed by atoms with Gasteiger partial charge < -0.3 is 14.2 Å². The molecule has 4 nitrogen and oxygen atoms in total. The first-order valence-corrected chi connectivity index (χ1v) is 7.25. The van der Waals surface area contributed by atoms with Gasteiger partial charge in [-0.3, -0.25) is 4.79 Å². The van der Waals surface area contributed by atoms with Gasteiger partial charge in [0.05, 0.1) is 21.3 Å². The molecule has 0 aliphatic heterocycles. The van der Waals surface area contributed by atoms with E-state index in [1.165, 1.54) is 20.3 Å². The Hall–Kier alpha value is -2.46. The molecular formula is C18H17ClO4. The predicted octanol–water partition coefficient (Wildman–Crippen LogP) is 4.26. The van der Waals surface area contributed by atoms with Crippen molar-refractivity contribution in [3.8, 4) is 17.2 Å². The standard InChI is InChI=1S/C18H17ClO4/c1-21-16-11-7-13(17(22-2)18(16)23-3)6-10-15(20)12-4-8-14(19)9-5-12/h4-11H,1-3H3/b10-6+. The Labute approximate surface area is 140 Å². The summed E-state index contributed by atoms with van der Waals surface area (Å²) >= 11 is 5.82. The summed E-state index contributed by atoms with van der Waals surface area (Å²) in [6, 6.07) is 10.3. The van der Waals surface area contributed by atoms with Crippen LogP contribution in [0.1, 0.15) is 15.9 Å². The third-order valence-electron chi connectivity index (χ3n) is 3.28. The highest BCUT2D eigenvalue weighted by atomic mass is 35.5. The molecule has 120 valence electrons. The van der Waals surface area contributed by atoms with E-state index < -0.39 is 0 Å². The molecule has 0 aliphatic carbocycles. The van der Waals surface area contributed by atoms with Crippen molar-refractivity contribution in [3.05, 3.63) is 58.6 Å². The van der Waals surface area contributed by atoms with Gasteiger partial charge in [-0.15, -0.1) is 0 Å². The van der Waals surface area contributed by atoms with Crippen molar-refractivity contribution in [2.45, 2.75) is 0 Å². The van der Waals surface area contributed by atoms with Crippen molar-refractivity contribution >= 4 is 23.5 Å². The zero-order valence-electron chi connectivity index (χ0n) is 13.1. The fraction of sp³-hybridized carbons (Fsp3) is 0.167. The minimum Gasteiger partial charge on any atom is -0.493 e. The van der Waals surface area contributed by atoms with Crippen LogP contribution in [-0.2, 0) is 0 Å². The highest BCUT2D eigenvalue weighted by Crippen LogP contribution is 2.40. The van der Waals surface area contributed by atoms with Gasteiger partial charge >= 0.3 is 0 Å². The number of halogens is 1. The summed E-state index contributed by atoms with van der Waals surface area (Å²) in [6.45, 7) is 0. The average molecular weight is 333 g/mol. The van der Waals surface area contributed by atoms with Gasteiger partial charge in [0.1, 0.15) is 0 Å². The van der Waals surface area contributed by atoms with E-state index in [1.807, 2.05) is 0 Å². The van der Waals surface area contributed by atoms with E-state index in [1.54, 1.807) is 49.6 Å². The van der Waals surface area contributed by atoms with Gasteiger partial charge in [-0.1, -0.05) is 11.6 Å². The molecule has 5 heteroatoms. The van der Waals surface area contributed by atoms with E-state index in [0.29, 0.717) is 33.4 Å². The maximum atomic E-state index is 12.2. The second kappa shape index (κ2) is 7.70. The lowest BCUT2D eigenvalue weighted by atomic mass is 10.1. The van der Waals surface area contributed by atoms with Crippen LogP contribution in [0.4, 0.5) is 0 Å². The van der Waals surface area contributed by atoms with Crippen molar-refractivity contribution in [1.29, 1.82) is 0 Å². The van der Waals surface area contributed by atoms with Crippen molar-refractivity contribution in [2.24, 2.45) is 0 Å². The number of methoxy groups -OCH3 is 3. The number of carbonyl (C=O) groups excluding carboxylic acids is 1. The molecule has 0 atom stereocenters. The molecule has 2 rings (SSSR count). The van der Waals surface area contributed by atoms with Crippen LogP contribution in [0.25, 0.3) is 6.08 Å². The topological polar surface area (TPSA) is 44.8 Å². The normalized spacial score (nSPS) is 10.6. The third kappa shape index (κ3) is 3.85. The minimum absolute atomic E-state index is 0.126. The number of benzene rings is 2. The summed E-state index contributed by atoms with van der Waals surface area (Å²) in [7, 11) is 4.62. The van der Waals surface area contributed by atoms with Crippen LogP contribution in [0, 0.1) is 0 Å². The zero-order valence-corrected chi connectivity index (χ0v) is 13.9. The summed E-state index contributed by atoms with van der Waals surface area (Å²) in [5.74, 6) is 1.42. The number of hydrogen-bond donors (Lipinski definition) is 0. The van der Waals surface area contributed by atoms with Crippen LogP contribution < -0.4 is 14.2 Å². The van der Waals surface area contributed by atoms with Gasteiger partial charge in [-0.05, 0) is 48.6 Å². The molecule has 0 N–H and O–H groups in total. The molecule has 0 fully saturated rings. The molecule has 2 aromatic rings. The second-order valence-electron chi connectivity index (χ2n) is 4.63. The van der Waals surface area contributed by atoms with Crippen LogP contribution in [-0.4, -0.2) is 27.1 Å². The van der Waals surface area contributed by atoms with Gasteiger partial charge in [-0.25, -0.2) is 0 Å². The van der Waals surface area contributed by atoms with Crippen LogP contribution in [0.5, 0.6) is 17.2 Å². The number of carbonyl (C=O) groups is 1. The maximum Gasteiger partial charge on any atom is 0.203 e. The number of hydrogen-bond acceptors (Lipinski definition) is 4. The first-order chi connectivity index (χ1) is 11.1. The Balaban J connectivity index is 2.32. The highest BCUT2D eigenvalue weighted by Gasteiger charge is 2.14. The Kier molecular flexibility index (Phi) is 5.66. The average Bonchev–Trinajstić information content (AvgIpc) is 2.59. The molecule has 2 aromatic carbocycles. The summed E-state index contributed by atoms with van der Waals surface area (Å²) in [5, 5.41) is 0.590. The Morgan fingerprint density at radius 3 is 2.13 bits per heavy atom. The number of rotatable bonds is 6. The number of allylic oxidation sites excluding steroid dienone is 1. The van der Waals surface area contributed by atoms with Gasteiger partial charge in [0, 0.05) is 16.1 Å². The molecule has 0 saturated carbocycles. The molecular weight excluding hydrogens is 316 g/mol. The van der Waals surface area contributed by atoms with Gasteiger partial charge in [-0.2, -0.15) is 0 Å². The van der Waals surface area contributed by atoms with E-state index in [9.17, 15) is 4.79 Å². The minimum atomic E-state index is -0.126. The summed E-state index contributed by atoms with van der Waals surface area (Å²) in [6.07, 6.45) is 3.16. The van der Waals surface area contributed by atoms with Crippen molar-refractivity contribution < 1.29 is 19.0 Å². The zero-order chi connectivity index (χ0) is 16.8.